The number of nitrogen functional groups attached to an aromatic ring is 1. The number of nitrogens with two attached hydrogens (primary N) is 1. The Kier molecular flexibility index (Phi) is 3.01. The average molecular weight is 247 g/mol. The quantitative estimate of drug-likeness (QED) is 0.796. The van der Waals surface area contributed by atoms with Gasteiger partial charge < -0.3 is 11.1 Å². The Hall–Kier alpha value is -1.10. The molecule has 0 amide bonds. The van der Waals surface area contributed by atoms with Crippen LogP contribution in [0.4, 0.5) is 5.69 Å². The van der Waals surface area contributed by atoms with Crippen molar-refractivity contribution in [3.63, 3.8) is 0 Å². The zero-order valence-corrected chi connectivity index (χ0v) is 10.6. The largest absolute Gasteiger partial charge is 0.399 e. The van der Waals surface area contributed by atoms with Crippen molar-refractivity contribution in [2.24, 2.45) is 0 Å². The van der Waals surface area contributed by atoms with E-state index in [-0.39, 0.29) is 0 Å². The molecule has 0 aliphatic carbocycles. The number of nitrogens with one attached hydrogen (secondary N) is 1. The first-order chi connectivity index (χ1) is 8.33. The molecule has 1 aliphatic heterocycles. The van der Waals surface area contributed by atoms with E-state index in [2.05, 4.69) is 27.7 Å². The predicted molar refractivity (Wildman–Crippen MR) is 74.4 cm³/mol. The van der Waals surface area contributed by atoms with Crippen molar-refractivity contribution in [2.45, 2.75) is 6.54 Å². The van der Waals surface area contributed by atoms with E-state index in [1.165, 1.54) is 15.6 Å². The normalized spacial score (nSPS) is 17.6. The zero-order chi connectivity index (χ0) is 11.7. The van der Waals surface area contributed by atoms with Crippen LogP contribution in [-0.2, 0) is 6.54 Å². The summed E-state index contributed by atoms with van der Waals surface area (Å²) in [6.07, 6.45) is 0. The Morgan fingerprint density at radius 1 is 1.29 bits per heavy atom. The average Bonchev–Trinajstić information content (AvgIpc) is 2.73. The van der Waals surface area contributed by atoms with Crippen molar-refractivity contribution in [1.29, 1.82) is 0 Å². The summed E-state index contributed by atoms with van der Waals surface area (Å²) in [4.78, 5) is 2.50. The SMILES string of the molecule is Nc1ccc2scc(CN3CCNCC3)c2c1. The Labute approximate surface area is 105 Å². The predicted octanol–water partition coefficient (Wildman–Crippen LogP) is 1.89. The number of anilines is 1. The van der Waals surface area contributed by atoms with Crippen LogP contribution in [0.2, 0.25) is 0 Å². The van der Waals surface area contributed by atoms with Gasteiger partial charge in [-0.25, -0.2) is 0 Å². The number of benzene rings is 1. The van der Waals surface area contributed by atoms with Crippen molar-refractivity contribution >= 4 is 27.1 Å². The first-order valence-electron chi connectivity index (χ1n) is 6.01. The molecule has 1 saturated heterocycles. The van der Waals surface area contributed by atoms with Crippen molar-refractivity contribution < 1.29 is 0 Å². The summed E-state index contributed by atoms with van der Waals surface area (Å²) in [6, 6.07) is 6.20. The highest BCUT2D eigenvalue weighted by molar-refractivity contribution is 7.17. The molecule has 3 rings (SSSR count). The van der Waals surface area contributed by atoms with E-state index >= 15 is 0 Å². The lowest BCUT2D eigenvalue weighted by atomic mass is 10.1. The Morgan fingerprint density at radius 3 is 2.94 bits per heavy atom. The minimum atomic E-state index is 0.859. The molecule has 1 aromatic carbocycles. The van der Waals surface area contributed by atoms with E-state index < -0.39 is 0 Å². The molecule has 0 atom stereocenters. The summed E-state index contributed by atoms with van der Waals surface area (Å²) >= 11 is 1.81. The van der Waals surface area contributed by atoms with Crippen LogP contribution in [-0.4, -0.2) is 31.1 Å². The van der Waals surface area contributed by atoms with Gasteiger partial charge in [0.1, 0.15) is 0 Å². The van der Waals surface area contributed by atoms with Crippen LogP contribution in [0.3, 0.4) is 0 Å². The molecule has 17 heavy (non-hydrogen) atoms. The number of thiophene rings is 1. The van der Waals surface area contributed by atoms with Gasteiger partial charge in [0.15, 0.2) is 0 Å². The third kappa shape index (κ3) is 2.29. The van der Waals surface area contributed by atoms with E-state index in [1.54, 1.807) is 0 Å². The molecular weight excluding hydrogens is 230 g/mol. The Bertz CT molecular complexity index is 514. The summed E-state index contributed by atoms with van der Waals surface area (Å²) < 4.78 is 1.34. The third-order valence-corrected chi connectivity index (χ3v) is 4.29. The second kappa shape index (κ2) is 4.64. The summed E-state index contributed by atoms with van der Waals surface area (Å²) in [7, 11) is 0. The van der Waals surface area contributed by atoms with E-state index in [0.29, 0.717) is 0 Å². The Balaban J connectivity index is 1.86. The van der Waals surface area contributed by atoms with E-state index in [1.807, 2.05) is 17.4 Å². The van der Waals surface area contributed by atoms with E-state index in [4.69, 9.17) is 5.73 Å². The number of nitrogens with zero attached hydrogens (tertiary/aromatic N) is 1. The van der Waals surface area contributed by atoms with E-state index in [0.717, 1.165) is 38.4 Å². The van der Waals surface area contributed by atoms with E-state index in [9.17, 15) is 0 Å². The first-order valence-corrected chi connectivity index (χ1v) is 6.89. The lowest BCUT2D eigenvalue weighted by Gasteiger charge is -2.26. The van der Waals surface area contributed by atoms with Crippen LogP contribution < -0.4 is 11.1 Å². The Morgan fingerprint density at radius 2 is 2.12 bits per heavy atom. The van der Waals surface area contributed by atoms with Crippen LogP contribution in [0.1, 0.15) is 5.56 Å². The fourth-order valence-electron chi connectivity index (χ4n) is 2.33. The molecule has 1 aromatic heterocycles. The highest BCUT2D eigenvalue weighted by atomic mass is 32.1. The summed E-state index contributed by atoms with van der Waals surface area (Å²) in [5, 5.41) is 6.98. The van der Waals surface area contributed by atoms with Crippen LogP contribution >= 0.6 is 11.3 Å². The smallest absolute Gasteiger partial charge is 0.0347 e. The molecule has 0 radical (unpaired) electrons. The maximum atomic E-state index is 5.87. The molecule has 0 saturated carbocycles. The maximum Gasteiger partial charge on any atom is 0.0347 e. The molecule has 2 heterocycles. The van der Waals surface area contributed by atoms with Crippen LogP contribution in [0.25, 0.3) is 10.1 Å². The van der Waals surface area contributed by atoms with Gasteiger partial charge in [-0.1, -0.05) is 0 Å². The molecule has 90 valence electrons. The number of hydrogen-bond acceptors (Lipinski definition) is 4. The molecule has 3 nitrogen and oxygen atoms in total. The fourth-order valence-corrected chi connectivity index (χ4v) is 3.27. The standard InChI is InChI=1S/C13H17N3S/c14-11-1-2-13-12(7-11)10(9-17-13)8-16-5-3-15-4-6-16/h1-2,7,9,15H,3-6,8,14H2. The zero-order valence-electron chi connectivity index (χ0n) is 9.78. The molecule has 3 N–H and O–H groups in total. The molecule has 2 aromatic rings. The molecule has 1 aliphatic rings. The van der Waals surface area contributed by atoms with Gasteiger partial charge >= 0.3 is 0 Å². The van der Waals surface area contributed by atoms with Crippen molar-refractivity contribution in [3.05, 3.63) is 29.1 Å². The third-order valence-electron chi connectivity index (χ3n) is 3.28. The maximum absolute atomic E-state index is 5.87. The molecule has 4 heteroatoms. The first kappa shape index (κ1) is 11.0. The molecule has 0 bridgehead atoms. The number of piperazine rings is 1. The minimum absolute atomic E-state index is 0.859. The molecule has 0 unspecified atom stereocenters. The van der Waals surface area contributed by atoms with Gasteiger partial charge in [-0.3, -0.25) is 4.90 Å². The van der Waals surface area contributed by atoms with Gasteiger partial charge in [-0.05, 0) is 34.5 Å². The lowest BCUT2D eigenvalue weighted by Crippen LogP contribution is -2.42. The highest BCUT2D eigenvalue weighted by Gasteiger charge is 2.12. The van der Waals surface area contributed by atoms with Gasteiger partial charge in [0.2, 0.25) is 0 Å². The highest BCUT2D eigenvalue weighted by Crippen LogP contribution is 2.28. The van der Waals surface area contributed by atoms with Gasteiger partial charge in [0, 0.05) is 43.1 Å². The summed E-state index contributed by atoms with van der Waals surface area (Å²) in [6.45, 7) is 5.53. The van der Waals surface area contributed by atoms with Gasteiger partial charge in [0.05, 0.1) is 0 Å². The molecular formula is C13H17N3S. The number of fused-ring (bicyclic) bond motifs is 1. The van der Waals surface area contributed by atoms with Gasteiger partial charge in [0.25, 0.3) is 0 Å². The van der Waals surface area contributed by atoms with Crippen LogP contribution in [0.15, 0.2) is 23.6 Å². The van der Waals surface area contributed by atoms with Crippen LogP contribution in [0, 0.1) is 0 Å². The second-order valence-corrected chi connectivity index (χ2v) is 5.45. The summed E-state index contributed by atoms with van der Waals surface area (Å²) in [5.74, 6) is 0. The second-order valence-electron chi connectivity index (χ2n) is 4.54. The fraction of sp³-hybridized carbons (Fsp3) is 0.385. The number of rotatable bonds is 2. The molecule has 0 spiro atoms. The van der Waals surface area contributed by atoms with Gasteiger partial charge in [-0.2, -0.15) is 0 Å². The summed E-state index contributed by atoms with van der Waals surface area (Å²) in [5.41, 5.74) is 8.14. The molecule has 1 fully saturated rings. The van der Waals surface area contributed by atoms with Crippen LogP contribution in [0.5, 0.6) is 0 Å². The lowest BCUT2D eigenvalue weighted by molar-refractivity contribution is 0.234. The van der Waals surface area contributed by atoms with Crippen molar-refractivity contribution in [3.8, 4) is 0 Å². The van der Waals surface area contributed by atoms with Gasteiger partial charge in [-0.15, -0.1) is 11.3 Å². The monoisotopic (exact) mass is 247 g/mol. The van der Waals surface area contributed by atoms with Crippen molar-refractivity contribution in [1.82, 2.24) is 10.2 Å². The topological polar surface area (TPSA) is 41.3 Å². The number of hydrogen-bond donors (Lipinski definition) is 2. The minimum Gasteiger partial charge on any atom is -0.399 e. The van der Waals surface area contributed by atoms with Crippen molar-refractivity contribution in [2.75, 3.05) is 31.9 Å².